The maximum absolute atomic E-state index is 12.1. The summed E-state index contributed by atoms with van der Waals surface area (Å²) in [4.78, 5) is 27.5. The lowest BCUT2D eigenvalue weighted by atomic mass is 9.82. The second kappa shape index (κ2) is 6.56. The first-order chi connectivity index (χ1) is 10.0. The molecule has 21 heavy (non-hydrogen) atoms. The lowest BCUT2D eigenvalue weighted by molar-refractivity contribution is -0.145. The van der Waals surface area contributed by atoms with Gasteiger partial charge in [-0.15, -0.1) is 0 Å². The first kappa shape index (κ1) is 15.3. The third-order valence-corrected chi connectivity index (χ3v) is 4.02. The summed E-state index contributed by atoms with van der Waals surface area (Å²) in [5.41, 5.74) is -0.200. The number of carboxylic acid groups (broad SMARTS) is 1. The summed E-state index contributed by atoms with van der Waals surface area (Å²) in [6, 6.07) is 2.99. The minimum absolute atomic E-state index is 0.206. The number of amides is 2. The number of aromatic nitrogens is 1. The summed E-state index contributed by atoms with van der Waals surface area (Å²) in [6.45, 7) is 1.85. The van der Waals surface area contributed by atoms with Crippen LogP contribution in [-0.4, -0.2) is 27.6 Å². The van der Waals surface area contributed by atoms with Crippen LogP contribution in [0.4, 0.5) is 4.79 Å². The van der Waals surface area contributed by atoms with E-state index in [2.05, 4.69) is 15.6 Å². The Morgan fingerprint density at radius 1 is 1.24 bits per heavy atom. The number of hydrogen-bond donors (Lipinski definition) is 3. The fourth-order valence-electron chi connectivity index (χ4n) is 2.73. The van der Waals surface area contributed by atoms with Crippen molar-refractivity contribution in [3.05, 3.63) is 30.1 Å². The number of urea groups is 1. The predicted molar refractivity (Wildman–Crippen MR) is 77.8 cm³/mol. The zero-order valence-corrected chi connectivity index (χ0v) is 12.1. The van der Waals surface area contributed by atoms with Gasteiger partial charge < -0.3 is 15.7 Å². The van der Waals surface area contributed by atoms with Gasteiger partial charge in [-0.1, -0.05) is 19.3 Å². The average molecular weight is 291 g/mol. The molecule has 1 atom stereocenters. The van der Waals surface area contributed by atoms with E-state index < -0.39 is 17.5 Å². The molecular weight excluding hydrogens is 270 g/mol. The second-order valence-corrected chi connectivity index (χ2v) is 5.55. The molecule has 0 aliphatic heterocycles. The fraction of sp³-hybridized carbons (Fsp3) is 0.533. The smallest absolute Gasteiger partial charge is 0.329 e. The van der Waals surface area contributed by atoms with Crippen molar-refractivity contribution in [2.45, 2.75) is 50.6 Å². The van der Waals surface area contributed by atoms with Gasteiger partial charge in [0.2, 0.25) is 0 Å². The molecule has 0 saturated heterocycles. The van der Waals surface area contributed by atoms with Gasteiger partial charge >= 0.3 is 12.0 Å². The third kappa shape index (κ3) is 3.71. The van der Waals surface area contributed by atoms with E-state index in [1.165, 1.54) is 0 Å². The molecule has 0 spiro atoms. The normalized spacial score (nSPS) is 18.5. The van der Waals surface area contributed by atoms with Gasteiger partial charge in [0, 0.05) is 12.4 Å². The van der Waals surface area contributed by atoms with Crippen molar-refractivity contribution in [3.63, 3.8) is 0 Å². The number of aliphatic carboxylic acids is 1. The van der Waals surface area contributed by atoms with Crippen LogP contribution in [0.25, 0.3) is 0 Å². The van der Waals surface area contributed by atoms with Crippen LogP contribution in [0.5, 0.6) is 0 Å². The van der Waals surface area contributed by atoms with Crippen molar-refractivity contribution >= 4 is 12.0 Å². The molecule has 6 heteroatoms. The molecular formula is C15H21N3O3. The highest BCUT2D eigenvalue weighted by atomic mass is 16.4. The quantitative estimate of drug-likeness (QED) is 0.793. The maximum atomic E-state index is 12.1. The molecule has 2 rings (SSSR count). The Hall–Kier alpha value is -2.11. The lowest BCUT2D eigenvalue weighted by Crippen LogP contribution is -2.58. The average Bonchev–Trinajstić information content (AvgIpc) is 2.48. The monoisotopic (exact) mass is 291 g/mol. The van der Waals surface area contributed by atoms with Crippen molar-refractivity contribution in [2.75, 3.05) is 0 Å². The van der Waals surface area contributed by atoms with Gasteiger partial charge in [-0.3, -0.25) is 4.98 Å². The predicted octanol–water partition coefficient (Wildman–Crippen LogP) is 2.23. The number of nitrogens with one attached hydrogen (secondary N) is 2. The summed E-state index contributed by atoms with van der Waals surface area (Å²) in [5, 5.41) is 14.9. The van der Waals surface area contributed by atoms with Gasteiger partial charge in [-0.05, 0) is 37.5 Å². The zero-order chi connectivity index (χ0) is 15.3. The first-order valence-electron chi connectivity index (χ1n) is 7.25. The number of rotatable bonds is 4. The van der Waals surface area contributed by atoms with E-state index in [9.17, 15) is 14.7 Å². The summed E-state index contributed by atoms with van der Waals surface area (Å²) < 4.78 is 0. The molecule has 0 aromatic carbocycles. The number of hydrogen-bond acceptors (Lipinski definition) is 3. The van der Waals surface area contributed by atoms with E-state index in [-0.39, 0.29) is 6.04 Å². The SMILES string of the molecule is CC(NC(=O)NC1(C(=O)O)CCCCC1)c1ccncc1. The van der Waals surface area contributed by atoms with Crippen molar-refractivity contribution in [1.29, 1.82) is 0 Å². The van der Waals surface area contributed by atoms with E-state index in [4.69, 9.17) is 0 Å². The van der Waals surface area contributed by atoms with Crippen LogP contribution in [0.2, 0.25) is 0 Å². The molecule has 0 radical (unpaired) electrons. The molecule has 1 aliphatic rings. The number of nitrogens with zero attached hydrogens (tertiary/aromatic N) is 1. The van der Waals surface area contributed by atoms with Crippen LogP contribution in [0, 0.1) is 0 Å². The Labute approximate surface area is 124 Å². The molecule has 0 bridgehead atoms. The fourth-order valence-corrected chi connectivity index (χ4v) is 2.73. The van der Waals surface area contributed by atoms with E-state index in [1.54, 1.807) is 12.4 Å². The number of carbonyl (C=O) groups excluding carboxylic acids is 1. The van der Waals surface area contributed by atoms with E-state index in [0.717, 1.165) is 24.8 Å². The highest BCUT2D eigenvalue weighted by molar-refractivity contribution is 5.86. The summed E-state index contributed by atoms with van der Waals surface area (Å²) in [7, 11) is 0. The molecule has 1 fully saturated rings. The van der Waals surface area contributed by atoms with Crippen molar-refractivity contribution < 1.29 is 14.7 Å². The van der Waals surface area contributed by atoms with Crippen LogP contribution in [0.1, 0.15) is 50.6 Å². The van der Waals surface area contributed by atoms with Crippen LogP contribution < -0.4 is 10.6 Å². The molecule has 6 nitrogen and oxygen atoms in total. The molecule has 3 N–H and O–H groups in total. The van der Waals surface area contributed by atoms with Gasteiger partial charge in [0.05, 0.1) is 6.04 Å². The Bertz CT molecular complexity index is 498. The van der Waals surface area contributed by atoms with Crippen molar-refractivity contribution in [3.8, 4) is 0 Å². The topological polar surface area (TPSA) is 91.3 Å². The number of carbonyl (C=O) groups is 2. The summed E-state index contributed by atoms with van der Waals surface area (Å²) in [5.74, 6) is -0.950. The number of carboxylic acids is 1. The van der Waals surface area contributed by atoms with Crippen LogP contribution in [-0.2, 0) is 4.79 Å². The van der Waals surface area contributed by atoms with E-state index in [1.807, 2.05) is 19.1 Å². The summed E-state index contributed by atoms with van der Waals surface area (Å²) in [6.07, 6.45) is 6.96. The summed E-state index contributed by atoms with van der Waals surface area (Å²) >= 11 is 0. The third-order valence-electron chi connectivity index (χ3n) is 4.02. The van der Waals surface area contributed by atoms with Gasteiger partial charge in [0.15, 0.2) is 0 Å². The van der Waals surface area contributed by atoms with E-state index >= 15 is 0 Å². The van der Waals surface area contributed by atoms with Crippen molar-refractivity contribution in [2.24, 2.45) is 0 Å². The van der Waals surface area contributed by atoms with Gasteiger partial charge in [-0.25, -0.2) is 9.59 Å². The van der Waals surface area contributed by atoms with Crippen LogP contribution in [0.3, 0.4) is 0 Å². The Balaban J connectivity index is 1.98. The highest BCUT2D eigenvalue weighted by Gasteiger charge is 2.41. The zero-order valence-electron chi connectivity index (χ0n) is 12.1. The largest absolute Gasteiger partial charge is 0.480 e. The minimum Gasteiger partial charge on any atom is -0.480 e. The van der Waals surface area contributed by atoms with E-state index in [0.29, 0.717) is 12.8 Å². The maximum Gasteiger partial charge on any atom is 0.329 e. The molecule has 1 heterocycles. The lowest BCUT2D eigenvalue weighted by Gasteiger charge is -2.34. The standard InChI is InChI=1S/C15H21N3O3/c1-11(12-5-9-16-10-6-12)17-14(21)18-15(13(19)20)7-3-2-4-8-15/h5-6,9-11H,2-4,7-8H2,1H3,(H,19,20)(H2,17,18,21). The first-order valence-corrected chi connectivity index (χ1v) is 7.25. The van der Waals surface area contributed by atoms with Gasteiger partial charge in [-0.2, -0.15) is 0 Å². The molecule has 2 amide bonds. The minimum atomic E-state index is -1.12. The molecule has 1 aromatic rings. The highest BCUT2D eigenvalue weighted by Crippen LogP contribution is 2.28. The Morgan fingerprint density at radius 3 is 2.43 bits per heavy atom. The second-order valence-electron chi connectivity index (χ2n) is 5.55. The van der Waals surface area contributed by atoms with Crippen molar-refractivity contribution in [1.82, 2.24) is 15.6 Å². The molecule has 114 valence electrons. The Kier molecular flexibility index (Phi) is 4.77. The van der Waals surface area contributed by atoms with Gasteiger partial charge in [0.25, 0.3) is 0 Å². The molecule has 1 saturated carbocycles. The van der Waals surface area contributed by atoms with Gasteiger partial charge in [0.1, 0.15) is 5.54 Å². The number of pyridine rings is 1. The molecule has 1 aliphatic carbocycles. The molecule has 1 unspecified atom stereocenters. The van der Waals surface area contributed by atoms with Crippen LogP contribution >= 0.6 is 0 Å². The van der Waals surface area contributed by atoms with Crippen LogP contribution in [0.15, 0.2) is 24.5 Å². The molecule has 1 aromatic heterocycles. The Morgan fingerprint density at radius 2 is 1.86 bits per heavy atom.